The van der Waals surface area contributed by atoms with Gasteiger partial charge in [-0.3, -0.25) is 4.79 Å². The van der Waals surface area contributed by atoms with Crippen LogP contribution in [-0.2, 0) is 25.9 Å². The Hall–Kier alpha value is 0.468. The first kappa shape index (κ1) is 11.3. The van der Waals surface area contributed by atoms with Crippen molar-refractivity contribution in [1.29, 1.82) is 0 Å². The van der Waals surface area contributed by atoms with Gasteiger partial charge in [-0.15, -0.1) is 0 Å². The van der Waals surface area contributed by atoms with E-state index in [1.165, 1.54) is 0 Å². The normalized spacial score (nSPS) is 11.8. The maximum Gasteiger partial charge on any atom is 0.321 e. The summed E-state index contributed by atoms with van der Waals surface area (Å²) in [6.45, 7) is 0. The average molecular weight is 316 g/mol. The Bertz CT molecular complexity index is 79.7. The van der Waals surface area contributed by atoms with Crippen LogP contribution < -0.4 is 5.73 Å². The monoisotopic (exact) mass is 316 g/mol. The summed E-state index contributed by atoms with van der Waals surface area (Å²) in [5.41, 5.74) is 4.94. The fraction of sp³-hybridized carbons (Fsp3) is 0.667. The molecule has 0 unspecified atom stereocenters. The molecule has 0 amide bonds. The molecule has 0 saturated heterocycles. The van der Waals surface area contributed by atoms with Crippen molar-refractivity contribution in [2.75, 3.05) is 5.75 Å². The number of rotatable bonds is 2. The Balaban J connectivity index is 0. The van der Waals surface area contributed by atoms with Gasteiger partial charge in [-0.2, -0.15) is 12.6 Å². The van der Waals surface area contributed by atoms with E-state index in [4.69, 9.17) is 10.8 Å². The van der Waals surface area contributed by atoms with Crippen LogP contribution in [0.25, 0.3) is 0 Å². The van der Waals surface area contributed by atoms with E-state index in [9.17, 15) is 4.79 Å². The quantitative estimate of drug-likeness (QED) is 0.592. The predicted octanol–water partition coefficient (Wildman–Crippen LogP) is -0.674. The molecular formula is C3H7NO2PtS. The molecule has 0 bridgehead atoms. The van der Waals surface area contributed by atoms with E-state index in [1.807, 2.05) is 0 Å². The van der Waals surface area contributed by atoms with Crippen LogP contribution >= 0.6 is 12.6 Å². The number of aliphatic carboxylic acids is 1. The molecule has 0 aromatic heterocycles. The van der Waals surface area contributed by atoms with Crippen LogP contribution in [0.15, 0.2) is 0 Å². The summed E-state index contributed by atoms with van der Waals surface area (Å²) in [5.74, 6) is -0.815. The van der Waals surface area contributed by atoms with Gasteiger partial charge >= 0.3 is 5.97 Å². The van der Waals surface area contributed by atoms with Crippen molar-refractivity contribution in [3.05, 3.63) is 0 Å². The molecule has 0 aliphatic rings. The van der Waals surface area contributed by atoms with Crippen LogP contribution in [0.2, 0.25) is 0 Å². The molecule has 0 spiro atoms. The molecule has 3 nitrogen and oxygen atoms in total. The average Bonchev–Trinajstić information content (AvgIpc) is 1.65. The molecule has 1 atom stereocenters. The summed E-state index contributed by atoms with van der Waals surface area (Å²) in [6.07, 6.45) is 0. The SMILES string of the molecule is N[C@@H](CS)C(=O)O.[Pt]. The Morgan fingerprint density at radius 3 is 2.25 bits per heavy atom. The molecule has 8 heavy (non-hydrogen) atoms. The fourth-order valence-electron chi connectivity index (χ4n) is 0.0781. The topological polar surface area (TPSA) is 63.3 Å². The van der Waals surface area contributed by atoms with E-state index in [0.29, 0.717) is 0 Å². The van der Waals surface area contributed by atoms with Crippen LogP contribution in [-0.4, -0.2) is 22.9 Å². The van der Waals surface area contributed by atoms with Gasteiger partial charge in [0, 0.05) is 26.8 Å². The molecular weight excluding hydrogens is 309 g/mol. The molecule has 0 fully saturated rings. The first-order chi connectivity index (χ1) is 3.18. The number of thiol groups is 1. The number of carboxylic acids is 1. The minimum atomic E-state index is -1.00. The maximum atomic E-state index is 9.76. The van der Waals surface area contributed by atoms with Crippen molar-refractivity contribution in [1.82, 2.24) is 0 Å². The number of hydrogen-bond acceptors (Lipinski definition) is 3. The van der Waals surface area contributed by atoms with E-state index in [-0.39, 0.29) is 26.8 Å². The molecule has 0 heterocycles. The number of hydrogen-bond donors (Lipinski definition) is 3. The number of carbonyl (C=O) groups is 1. The summed E-state index contributed by atoms with van der Waals surface area (Å²) in [6, 6.07) is -0.816. The first-order valence-electron chi connectivity index (χ1n) is 1.77. The second kappa shape index (κ2) is 5.60. The zero-order valence-corrected chi connectivity index (χ0v) is 7.15. The van der Waals surface area contributed by atoms with Crippen LogP contribution in [0.3, 0.4) is 0 Å². The van der Waals surface area contributed by atoms with Gasteiger partial charge in [0.05, 0.1) is 0 Å². The minimum absolute atomic E-state index is 0. The third-order valence-electron chi connectivity index (χ3n) is 0.514. The van der Waals surface area contributed by atoms with Crippen molar-refractivity contribution >= 4 is 18.6 Å². The van der Waals surface area contributed by atoms with Gasteiger partial charge < -0.3 is 10.8 Å². The van der Waals surface area contributed by atoms with Crippen LogP contribution in [0.1, 0.15) is 0 Å². The molecule has 0 saturated carbocycles. The van der Waals surface area contributed by atoms with Crippen molar-refractivity contribution < 1.29 is 31.0 Å². The van der Waals surface area contributed by atoms with Gasteiger partial charge in [-0.05, 0) is 0 Å². The van der Waals surface area contributed by atoms with E-state index in [0.717, 1.165) is 0 Å². The van der Waals surface area contributed by atoms with E-state index >= 15 is 0 Å². The summed E-state index contributed by atoms with van der Waals surface area (Å²) in [5, 5.41) is 8.01. The molecule has 52 valence electrons. The van der Waals surface area contributed by atoms with Crippen molar-refractivity contribution in [3.8, 4) is 0 Å². The van der Waals surface area contributed by atoms with E-state index in [2.05, 4.69) is 12.6 Å². The standard InChI is InChI=1S/C3H7NO2S.Pt/c4-2(1-7)3(5)6;/h2,7H,1,4H2,(H,5,6);/t2-;/m0./s1. The summed E-state index contributed by atoms with van der Waals surface area (Å²) in [4.78, 5) is 9.76. The van der Waals surface area contributed by atoms with E-state index in [1.54, 1.807) is 0 Å². The Morgan fingerprint density at radius 1 is 1.88 bits per heavy atom. The van der Waals surface area contributed by atoms with Gasteiger partial charge in [0.2, 0.25) is 0 Å². The first-order valence-corrected chi connectivity index (χ1v) is 2.41. The van der Waals surface area contributed by atoms with Gasteiger partial charge in [0.1, 0.15) is 6.04 Å². The second-order valence-electron chi connectivity index (χ2n) is 1.13. The van der Waals surface area contributed by atoms with Gasteiger partial charge in [0.15, 0.2) is 0 Å². The van der Waals surface area contributed by atoms with Crippen molar-refractivity contribution in [3.63, 3.8) is 0 Å². The third kappa shape index (κ3) is 4.62. The zero-order chi connectivity index (χ0) is 5.86. The Kier molecular flexibility index (Phi) is 7.91. The predicted molar refractivity (Wildman–Crippen MR) is 29.5 cm³/mol. The fourth-order valence-corrected chi connectivity index (χ4v) is 0.234. The molecule has 0 rings (SSSR count). The minimum Gasteiger partial charge on any atom is -0.480 e. The number of nitrogens with two attached hydrogens (primary N) is 1. The van der Waals surface area contributed by atoms with Crippen LogP contribution in [0, 0.1) is 0 Å². The van der Waals surface area contributed by atoms with Crippen molar-refractivity contribution in [2.45, 2.75) is 6.04 Å². The second-order valence-corrected chi connectivity index (χ2v) is 1.49. The summed E-state index contributed by atoms with van der Waals surface area (Å²) < 4.78 is 0. The zero-order valence-electron chi connectivity index (χ0n) is 3.98. The Labute approximate surface area is 67.3 Å². The smallest absolute Gasteiger partial charge is 0.321 e. The van der Waals surface area contributed by atoms with Gasteiger partial charge in [0.25, 0.3) is 0 Å². The van der Waals surface area contributed by atoms with Crippen LogP contribution in [0.4, 0.5) is 0 Å². The largest absolute Gasteiger partial charge is 0.480 e. The van der Waals surface area contributed by atoms with E-state index < -0.39 is 12.0 Å². The molecule has 0 aliphatic carbocycles. The number of carboxylic acid groups (broad SMARTS) is 1. The molecule has 0 aliphatic heterocycles. The molecule has 0 radical (unpaired) electrons. The maximum absolute atomic E-state index is 9.76. The van der Waals surface area contributed by atoms with Crippen LogP contribution in [0.5, 0.6) is 0 Å². The Morgan fingerprint density at radius 2 is 2.25 bits per heavy atom. The van der Waals surface area contributed by atoms with Gasteiger partial charge in [-0.1, -0.05) is 0 Å². The summed E-state index contributed by atoms with van der Waals surface area (Å²) in [7, 11) is 0. The molecule has 0 aromatic rings. The third-order valence-corrected chi connectivity index (χ3v) is 0.907. The summed E-state index contributed by atoms with van der Waals surface area (Å²) >= 11 is 3.65. The van der Waals surface area contributed by atoms with Crippen molar-refractivity contribution in [2.24, 2.45) is 5.73 Å². The molecule has 0 aromatic carbocycles. The molecule has 5 heteroatoms. The molecule has 3 N–H and O–H groups in total. The van der Waals surface area contributed by atoms with Gasteiger partial charge in [-0.25, -0.2) is 0 Å².